The van der Waals surface area contributed by atoms with Gasteiger partial charge in [0.05, 0.1) is 31.5 Å². The normalized spacial score (nSPS) is 16.4. The molecule has 1 saturated heterocycles. The van der Waals surface area contributed by atoms with Crippen molar-refractivity contribution in [2.45, 2.75) is 51.6 Å². The topological polar surface area (TPSA) is 71.9 Å². The summed E-state index contributed by atoms with van der Waals surface area (Å²) in [4.78, 5) is 36.0. The zero-order valence-electron chi connectivity index (χ0n) is 17.6. The molecule has 30 heavy (non-hydrogen) atoms. The molecule has 2 aromatic rings. The molecule has 3 heterocycles. The van der Waals surface area contributed by atoms with Crippen LogP contribution in [0.1, 0.15) is 60.2 Å². The van der Waals surface area contributed by atoms with E-state index in [2.05, 4.69) is 24.0 Å². The van der Waals surface area contributed by atoms with Crippen LogP contribution in [-0.4, -0.2) is 41.1 Å². The molecule has 0 aliphatic carbocycles. The predicted octanol–water partition coefficient (Wildman–Crippen LogP) is 3.42. The van der Waals surface area contributed by atoms with Gasteiger partial charge in [0.15, 0.2) is 0 Å². The molecule has 2 aliphatic heterocycles. The summed E-state index contributed by atoms with van der Waals surface area (Å²) in [7, 11) is 1.60. The largest absolute Gasteiger partial charge is 0.481 e. The van der Waals surface area contributed by atoms with Crippen molar-refractivity contribution in [1.82, 2.24) is 9.88 Å². The lowest BCUT2D eigenvalue weighted by Gasteiger charge is -2.18. The highest BCUT2D eigenvalue weighted by Crippen LogP contribution is 2.27. The molecule has 1 aromatic carbocycles. The van der Waals surface area contributed by atoms with Gasteiger partial charge in [0.1, 0.15) is 5.78 Å². The van der Waals surface area contributed by atoms with Gasteiger partial charge in [-0.1, -0.05) is 37.3 Å². The standard InChI is InChI=1S/C24H27N3O3/c1-16(17-7-4-3-5-8-17)11-20(28)13-19-12-18-14-25-24(30-2)23(18)21(26-19)15-27-10-6-9-22(27)29/h3-5,7-8,12,16H,6,9-11,13-15H2,1-2H3/t16-/m0/s1. The molecule has 1 atom stereocenters. The number of benzene rings is 1. The lowest BCUT2D eigenvalue weighted by atomic mass is 9.94. The number of pyridine rings is 1. The Morgan fingerprint density at radius 1 is 1.27 bits per heavy atom. The number of ketones is 1. The first-order valence-electron chi connectivity index (χ1n) is 10.5. The van der Waals surface area contributed by atoms with Crippen LogP contribution < -0.4 is 0 Å². The number of Topliss-reactive ketones (excluding diaryl/α,β-unsaturated/α-hetero) is 1. The second-order valence-corrected chi connectivity index (χ2v) is 8.07. The van der Waals surface area contributed by atoms with Crippen LogP contribution in [0.2, 0.25) is 0 Å². The molecule has 0 radical (unpaired) electrons. The Kier molecular flexibility index (Phi) is 5.93. The van der Waals surface area contributed by atoms with E-state index in [4.69, 9.17) is 9.72 Å². The zero-order valence-corrected chi connectivity index (χ0v) is 17.6. The molecule has 0 unspecified atom stereocenters. The number of methoxy groups -OCH3 is 1. The number of nitrogens with zero attached hydrogens (tertiary/aromatic N) is 3. The van der Waals surface area contributed by atoms with Gasteiger partial charge in [-0.25, -0.2) is 4.99 Å². The number of rotatable bonds is 7. The number of likely N-dealkylation sites (tertiary alicyclic amines) is 1. The van der Waals surface area contributed by atoms with Crippen molar-refractivity contribution in [2.24, 2.45) is 4.99 Å². The third-order valence-corrected chi connectivity index (χ3v) is 5.82. The second-order valence-electron chi connectivity index (χ2n) is 8.07. The highest BCUT2D eigenvalue weighted by molar-refractivity contribution is 5.99. The maximum Gasteiger partial charge on any atom is 0.222 e. The summed E-state index contributed by atoms with van der Waals surface area (Å²) in [6, 6.07) is 12.1. The van der Waals surface area contributed by atoms with Gasteiger partial charge in [0, 0.05) is 31.5 Å². The van der Waals surface area contributed by atoms with Gasteiger partial charge in [0.25, 0.3) is 0 Å². The minimum atomic E-state index is 0.151. The van der Waals surface area contributed by atoms with Gasteiger partial charge in [-0.2, -0.15) is 0 Å². The van der Waals surface area contributed by atoms with Crippen molar-refractivity contribution < 1.29 is 14.3 Å². The first-order chi connectivity index (χ1) is 14.5. The smallest absolute Gasteiger partial charge is 0.222 e. The summed E-state index contributed by atoms with van der Waals surface area (Å²) in [6.45, 7) is 3.77. The molecule has 0 saturated carbocycles. The van der Waals surface area contributed by atoms with Crippen molar-refractivity contribution in [2.75, 3.05) is 13.7 Å². The Balaban J connectivity index is 1.53. The predicted molar refractivity (Wildman–Crippen MR) is 114 cm³/mol. The summed E-state index contributed by atoms with van der Waals surface area (Å²) in [6.07, 6.45) is 2.22. The molecule has 1 amide bonds. The van der Waals surface area contributed by atoms with Crippen LogP contribution in [0.4, 0.5) is 0 Å². The molecule has 4 rings (SSSR count). The minimum absolute atomic E-state index is 0.151. The van der Waals surface area contributed by atoms with Crippen LogP contribution in [0, 0.1) is 0 Å². The highest BCUT2D eigenvalue weighted by Gasteiger charge is 2.27. The van der Waals surface area contributed by atoms with Crippen LogP contribution in [0.25, 0.3) is 0 Å². The van der Waals surface area contributed by atoms with Crippen molar-refractivity contribution in [1.29, 1.82) is 0 Å². The Morgan fingerprint density at radius 2 is 2.07 bits per heavy atom. The third-order valence-electron chi connectivity index (χ3n) is 5.82. The number of carbonyl (C=O) groups excluding carboxylic acids is 2. The molecule has 156 valence electrons. The third kappa shape index (κ3) is 4.27. The lowest BCUT2D eigenvalue weighted by molar-refractivity contribution is -0.128. The number of ether oxygens (including phenoxy) is 1. The number of aromatic nitrogens is 1. The maximum absolute atomic E-state index is 12.8. The maximum atomic E-state index is 12.8. The monoisotopic (exact) mass is 405 g/mol. The van der Waals surface area contributed by atoms with E-state index >= 15 is 0 Å². The van der Waals surface area contributed by atoms with E-state index < -0.39 is 0 Å². The van der Waals surface area contributed by atoms with Crippen LogP contribution in [0.15, 0.2) is 41.4 Å². The molecule has 1 fully saturated rings. The van der Waals surface area contributed by atoms with Crippen molar-refractivity contribution >= 4 is 17.6 Å². The van der Waals surface area contributed by atoms with E-state index in [1.807, 2.05) is 29.2 Å². The SMILES string of the molecule is COC1=NCc2cc(CC(=O)C[C@H](C)c3ccccc3)nc(CN3CCCC3=O)c21. The first-order valence-corrected chi connectivity index (χ1v) is 10.5. The Labute approximate surface area is 177 Å². The fraction of sp³-hybridized carbons (Fsp3) is 0.417. The van der Waals surface area contributed by atoms with E-state index in [0.717, 1.165) is 35.5 Å². The second kappa shape index (κ2) is 8.78. The molecule has 0 spiro atoms. The number of hydrogen-bond acceptors (Lipinski definition) is 5. The average Bonchev–Trinajstić information content (AvgIpc) is 3.34. The van der Waals surface area contributed by atoms with E-state index in [1.54, 1.807) is 7.11 Å². The van der Waals surface area contributed by atoms with Crippen LogP contribution >= 0.6 is 0 Å². The van der Waals surface area contributed by atoms with Gasteiger partial charge >= 0.3 is 0 Å². The van der Waals surface area contributed by atoms with Crippen LogP contribution in [-0.2, 0) is 33.8 Å². The van der Waals surface area contributed by atoms with E-state index in [9.17, 15) is 9.59 Å². The first kappa shape index (κ1) is 20.3. The summed E-state index contributed by atoms with van der Waals surface area (Å²) < 4.78 is 5.43. The van der Waals surface area contributed by atoms with Gasteiger partial charge < -0.3 is 9.64 Å². The van der Waals surface area contributed by atoms with E-state index in [0.29, 0.717) is 31.8 Å². The Morgan fingerprint density at radius 3 is 2.77 bits per heavy atom. The molecule has 6 nitrogen and oxygen atoms in total. The van der Waals surface area contributed by atoms with Gasteiger partial charge in [0.2, 0.25) is 11.8 Å². The quantitative estimate of drug-likeness (QED) is 0.708. The number of carbonyl (C=O) groups is 2. The summed E-state index contributed by atoms with van der Waals surface area (Å²) in [5, 5.41) is 0. The summed E-state index contributed by atoms with van der Waals surface area (Å²) >= 11 is 0. The highest BCUT2D eigenvalue weighted by atomic mass is 16.5. The van der Waals surface area contributed by atoms with Gasteiger partial charge in [-0.15, -0.1) is 0 Å². The number of fused-ring (bicyclic) bond motifs is 1. The minimum Gasteiger partial charge on any atom is -0.481 e. The van der Waals surface area contributed by atoms with Crippen molar-refractivity contribution in [3.63, 3.8) is 0 Å². The Bertz CT molecular complexity index is 985. The zero-order chi connectivity index (χ0) is 21.1. The molecular weight excluding hydrogens is 378 g/mol. The van der Waals surface area contributed by atoms with Crippen LogP contribution in [0.3, 0.4) is 0 Å². The number of amides is 1. The van der Waals surface area contributed by atoms with Crippen molar-refractivity contribution in [3.8, 4) is 0 Å². The fourth-order valence-corrected chi connectivity index (χ4v) is 4.28. The average molecular weight is 405 g/mol. The molecule has 1 aromatic heterocycles. The molecular formula is C24H27N3O3. The number of aliphatic imine (C=N–C) groups is 1. The van der Waals surface area contributed by atoms with Crippen molar-refractivity contribution in [3.05, 3.63) is 64.5 Å². The van der Waals surface area contributed by atoms with E-state index in [-0.39, 0.29) is 24.0 Å². The van der Waals surface area contributed by atoms with Crippen LogP contribution in [0.5, 0.6) is 0 Å². The lowest BCUT2D eigenvalue weighted by Crippen LogP contribution is -2.26. The van der Waals surface area contributed by atoms with Gasteiger partial charge in [-0.3, -0.25) is 14.6 Å². The molecule has 2 aliphatic rings. The number of hydrogen-bond donors (Lipinski definition) is 0. The van der Waals surface area contributed by atoms with E-state index in [1.165, 1.54) is 5.56 Å². The summed E-state index contributed by atoms with van der Waals surface area (Å²) in [5.41, 5.74) is 4.58. The fourth-order valence-electron chi connectivity index (χ4n) is 4.28. The molecule has 0 N–H and O–H groups in total. The Hall–Kier alpha value is -3.02. The molecule has 0 bridgehead atoms. The van der Waals surface area contributed by atoms with Gasteiger partial charge in [-0.05, 0) is 29.5 Å². The summed E-state index contributed by atoms with van der Waals surface area (Å²) in [5.74, 6) is 1.04. The molecule has 6 heteroatoms.